The Balaban J connectivity index is 1.18. The smallest absolute Gasteiger partial charge is 0.253 e. The molecule has 0 spiro atoms. The maximum absolute atomic E-state index is 13.0. The third kappa shape index (κ3) is 4.07. The minimum Gasteiger partial charge on any atom is -0.339 e. The number of aromatic nitrogens is 5. The van der Waals surface area contributed by atoms with Gasteiger partial charge in [0.15, 0.2) is 0 Å². The van der Waals surface area contributed by atoms with E-state index in [1.54, 1.807) is 12.5 Å². The van der Waals surface area contributed by atoms with Crippen LogP contribution in [0.15, 0.2) is 77.7 Å². The standard InChI is InChI=1S/C27H24N6O2/c1-18-8-10-19(11-9-18)27(34)32-14-4-5-21(16-32)26-30-25(31-35-26)20-12-13-24(28-15-20)33-17-29-22-6-2-3-7-23(22)33/h2-3,6-13,15,17,21H,4-5,14,16H2,1H3. The fourth-order valence-electron chi connectivity index (χ4n) is 4.56. The highest BCUT2D eigenvalue weighted by molar-refractivity contribution is 5.94. The van der Waals surface area contributed by atoms with E-state index >= 15 is 0 Å². The molecule has 8 heteroatoms. The Morgan fingerprint density at radius 3 is 2.71 bits per heavy atom. The third-order valence-corrected chi connectivity index (χ3v) is 6.50. The number of hydrogen-bond donors (Lipinski definition) is 0. The van der Waals surface area contributed by atoms with E-state index in [1.807, 2.05) is 77.1 Å². The predicted molar refractivity (Wildman–Crippen MR) is 131 cm³/mol. The number of carbonyl (C=O) groups is 1. The molecule has 1 fully saturated rings. The molecule has 35 heavy (non-hydrogen) atoms. The molecular weight excluding hydrogens is 440 g/mol. The van der Waals surface area contributed by atoms with E-state index in [1.165, 1.54) is 0 Å². The van der Waals surface area contributed by atoms with E-state index in [2.05, 4.69) is 20.1 Å². The van der Waals surface area contributed by atoms with Crippen LogP contribution in [-0.4, -0.2) is 48.6 Å². The molecule has 0 radical (unpaired) electrons. The average Bonchev–Trinajstić information content (AvgIpc) is 3.57. The SMILES string of the molecule is Cc1ccc(C(=O)N2CCCC(c3nc(-c4ccc(-n5cnc6ccccc65)nc4)no3)C2)cc1. The third-order valence-electron chi connectivity index (χ3n) is 6.50. The maximum atomic E-state index is 13.0. The van der Waals surface area contributed by atoms with E-state index in [4.69, 9.17) is 4.52 Å². The topological polar surface area (TPSA) is 89.9 Å². The molecule has 4 heterocycles. The fraction of sp³-hybridized carbons (Fsp3) is 0.222. The van der Waals surface area contributed by atoms with E-state index in [0.717, 1.165) is 47.4 Å². The molecular formula is C27H24N6O2. The minimum absolute atomic E-state index is 0.0175. The summed E-state index contributed by atoms with van der Waals surface area (Å²) in [6.45, 7) is 3.32. The van der Waals surface area contributed by atoms with Gasteiger partial charge in [-0.25, -0.2) is 9.97 Å². The van der Waals surface area contributed by atoms with Gasteiger partial charge in [-0.05, 0) is 56.2 Å². The van der Waals surface area contributed by atoms with Crippen molar-refractivity contribution in [2.24, 2.45) is 0 Å². The first-order chi connectivity index (χ1) is 17.2. The van der Waals surface area contributed by atoms with Crippen molar-refractivity contribution in [3.63, 3.8) is 0 Å². The van der Waals surface area contributed by atoms with Gasteiger partial charge in [-0.2, -0.15) is 4.98 Å². The highest BCUT2D eigenvalue weighted by atomic mass is 16.5. The van der Waals surface area contributed by atoms with Crippen molar-refractivity contribution in [1.82, 2.24) is 29.6 Å². The molecule has 2 aromatic carbocycles. The summed E-state index contributed by atoms with van der Waals surface area (Å²) in [5, 5.41) is 4.19. The number of fused-ring (bicyclic) bond motifs is 1. The fourth-order valence-corrected chi connectivity index (χ4v) is 4.56. The van der Waals surface area contributed by atoms with Crippen LogP contribution in [0.5, 0.6) is 0 Å². The molecule has 0 saturated carbocycles. The van der Waals surface area contributed by atoms with E-state index in [9.17, 15) is 4.79 Å². The molecule has 5 aromatic rings. The maximum Gasteiger partial charge on any atom is 0.253 e. The Morgan fingerprint density at radius 1 is 1.03 bits per heavy atom. The molecule has 1 saturated heterocycles. The van der Waals surface area contributed by atoms with Gasteiger partial charge in [-0.15, -0.1) is 0 Å². The van der Waals surface area contributed by atoms with Crippen LogP contribution in [-0.2, 0) is 0 Å². The molecule has 1 atom stereocenters. The lowest BCUT2D eigenvalue weighted by molar-refractivity contribution is 0.0695. The molecule has 0 bridgehead atoms. The summed E-state index contributed by atoms with van der Waals surface area (Å²) < 4.78 is 7.57. The summed E-state index contributed by atoms with van der Waals surface area (Å²) in [4.78, 5) is 28.5. The lowest BCUT2D eigenvalue weighted by atomic mass is 9.97. The van der Waals surface area contributed by atoms with Crippen LogP contribution < -0.4 is 0 Å². The molecule has 0 N–H and O–H groups in total. The molecule has 1 aliphatic rings. The van der Waals surface area contributed by atoms with Crippen LogP contribution >= 0.6 is 0 Å². The quantitative estimate of drug-likeness (QED) is 0.380. The van der Waals surface area contributed by atoms with E-state index in [-0.39, 0.29) is 11.8 Å². The zero-order chi connectivity index (χ0) is 23.8. The second-order valence-corrected chi connectivity index (χ2v) is 8.92. The number of piperidine rings is 1. The van der Waals surface area contributed by atoms with Crippen molar-refractivity contribution in [2.45, 2.75) is 25.7 Å². The number of hydrogen-bond acceptors (Lipinski definition) is 6. The Morgan fingerprint density at radius 2 is 1.89 bits per heavy atom. The monoisotopic (exact) mass is 464 g/mol. The van der Waals surface area contributed by atoms with Gasteiger partial charge in [-0.3, -0.25) is 9.36 Å². The predicted octanol–water partition coefficient (Wildman–Crippen LogP) is 4.80. The number of benzene rings is 2. The van der Waals surface area contributed by atoms with Gasteiger partial charge in [-0.1, -0.05) is 35.0 Å². The molecule has 8 nitrogen and oxygen atoms in total. The number of nitrogens with zero attached hydrogens (tertiary/aromatic N) is 6. The van der Waals surface area contributed by atoms with Crippen molar-refractivity contribution >= 4 is 16.9 Å². The van der Waals surface area contributed by atoms with E-state index < -0.39 is 0 Å². The van der Waals surface area contributed by atoms with Crippen LogP contribution in [0.3, 0.4) is 0 Å². The number of amides is 1. The number of likely N-dealkylation sites (tertiary alicyclic amines) is 1. The second-order valence-electron chi connectivity index (χ2n) is 8.92. The highest BCUT2D eigenvalue weighted by Gasteiger charge is 2.29. The Labute approximate surface area is 202 Å². The Kier molecular flexibility index (Phi) is 5.33. The molecule has 3 aromatic heterocycles. The van der Waals surface area contributed by atoms with Crippen LogP contribution in [0.25, 0.3) is 28.2 Å². The van der Waals surface area contributed by atoms with Gasteiger partial charge >= 0.3 is 0 Å². The molecule has 174 valence electrons. The van der Waals surface area contributed by atoms with Crippen LogP contribution in [0.1, 0.15) is 40.6 Å². The van der Waals surface area contributed by atoms with Crippen molar-refractivity contribution < 1.29 is 9.32 Å². The number of imidazole rings is 1. The Bertz CT molecular complexity index is 1490. The average molecular weight is 465 g/mol. The van der Waals surface area contributed by atoms with Gasteiger partial charge < -0.3 is 9.42 Å². The molecule has 6 rings (SSSR count). The molecule has 1 amide bonds. The van der Waals surface area contributed by atoms with Crippen LogP contribution in [0.2, 0.25) is 0 Å². The number of rotatable bonds is 4. The summed E-state index contributed by atoms with van der Waals surface area (Å²) >= 11 is 0. The van der Waals surface area contributed by atoms with Gasteiger partial charge in [0.25, 0.3) is 5.91 Å². The first-order valence-electron chi connectivity index (χ1n) is 11.7. The van der Waals surface area contributed by atoms with E-state index in [0.29, 0.717) is 23.8 Å². The summed E-state index contributed by atoms with van der Waals surface area (Å²) in [6.07, 6.45) is 5.32. The first kappa shape index (κ1) is 21.2. The number of para-hydroxylation sites is 2. The molecule has 1 aliphatic heterocycles. The number of aryl methyl sites for hydroxylation is 1. The second kappa shape index (κ2) is 8.79. The van der Waals surface area contributed by atoms with Gasteiger partial charge in [0, 0.05) is 30.4 Å². The van der Waals surface area contributed by atoms with Crippen molar-refractivity contribution in [3.8, 4) is 17.2 Å². The highest BCUT2D eigenvalue weighted by Crippen LogP contribution is 2.28. The molecule has 1 unspecified atom stereocenters. The summed E-state index contributed by atoms with van der Waals surface area (Å²) in [6, 6.07) is 19.5. The van der Waals surface area contributed by atoms with Gasteiger partial charge in [0.1, 0.15) is 12.1 Å². The zero-order valence-corrected chi connectivity index (χ0v) is 19.3. The van der Waals surface area contributed by atoms with Crippen molar-refractivity contribution in [2.75, 3.05) is 13.1 Å². The van der Waals surface area contributed by atoms with Crippen LogP contribution in [0.4, 0.5) is 0 Å². The van der Waals surface area contributed by atoms with Crippen molar-refractivity contribution in [1.29, 1.82) is 0 Å². The normalized spacial score (nSPS) is 16.0. The zero-order valence-electron chi connectivity index (χ0n) is 19.3. The number of pyridine rings is 1. The lowest BCUT2D eigenvalue weighted by Gasteiger charge is -2.31. The minimum atomic E-state index is 0.0175. The first-order valence-corrected chi connectivity index (χ1v) is 11.7. The largest absolute Gasteiger partial charge is 0.339 e. The summed E-state index contributed by atoms with van der Waals surface area (Å²) in [7, 11) is 0. The Hall–Kier alpha value is -4.33. The summed E-state index contributed by atoms with van der Waals surface area (Å²) in [5.41, 5.74) is 4.54. The number of carbonyl (C=O) groups excluding carboxylic acids is 1. The lowest BCUT2D eigenvalue weighted by Crippen LogP contribution is -2.39. The van der Waals surface area contributed by atoms with Crippen molar-refractivity contribution in [3.05, 3.63) is 90.2 Å². The van der Waals surface area contributed by atoms with Gasteiger partial charge in [0.2, 0.25) is 11.7 Å². The summed E-state index contributed by atoms with van der Waals surface area (Å²) in [5.74, 6) is 1.89. The van der Waals surface area contributed by atoms with Gasteiger partial charge in [0.05, 0.1) is 17.0 Å². The van der Waals surface area contributed by atoms with Crippen LogP contribution in [0, 0.1) is 6.92 Å². The molecule has 0 aliphatic carbocycles.